The molecule has 1 aliphatic rings. The van der Waals surface area contributed by atoms with Crippen LogP contribution in [0.25, 0.3) is 0 Å². The van der Waals surface area contributed by atoms with E-state index in [-0.39, 0.29) is 12.2 Å². The molecule has 24 heavy (non-hydrogen) atoms. The van der Waals surface area contributed by atoms with Crippen LogP contribution in [0, 0.1) is 0 Å². The van der Waals surface area contributed by atoms with Crippen molar-refractivity contribution in [1.29, 1.82) is 0 Å². The van der Waals surface area contributed by atoms with Crippen molar-refractivity contribution in [1.82, 2.24) is 0 Å². The molecule has 0 aromatic carbocycles. The number of Topliss-reactive ketones (excluding diaryl/α,β-unsaturated/α-hetero) is 1. The molecule has 2 atom stereocenters. The molecule has 0 fully saturated rings. The lowest BCUT2D eigenvalue weighted by Gasteiger charge is -2.17. The van der Waals surface area contributed by atoms with Gasteiger partial charge in [-0.15, -0.1) is 0 Å². The largest absolute Gasteiger partial charge is 0.505 e. The van der Waals surface area contributed by atoms with E-state index in [0.29, 0.717) is 12.8 Å². The van der Waals surface area contributed by atoms with Crippen molar-refractivity contribution in [3.63, 3.8) is 0 Å². The maximum Gasteiger partial charge on any atom is 0.377 e. The van der Waals surface area contributed by atoms with Gasteiger partial charge in [0.2, 0.25) is 5.76 Å². The normalized spacial score (nSPS) is 18.4. The molecule has 8 nitrogen and oxygen atoms in total. The number of hydrogen-bond donors (Lipinski definition) is 3. The summed E-state index contributed by atoms with van der Waals surface area (Å²) in [6.45, 7) is 1.11. The molecule has 0 aliphatic carbocycles. The summed E-state index contributed by atoms with van der Waals surface area (Å²) in [5, 5.41) is 28.2. The first-order chi connectivity index (χ1) is 11.3. The van der Waals surface area contributed by atoms with E-state index in [1.165, 1.54) is 0 Å². The molecule has 0 radical (unpaired) electrons. The molecular weight excluding hydrogens is 320 g/mol. The quantitative estimate of drug-likeness (QED) is 0.379. The Hall–Kier alpha value is -2.09. The minimum atomic E-state index is -1.45. The van der Waals surface area contributed by atoms with Crippen LogP contribution in [0.1, 0.15) is 51.9 Å². The number of esters is 2. The van der Waals surface area contributed by atoms with Crippen LogP contribution in [0.5, 0.6) is 0 Å². The highest BCUT2D eigenvalue weighted by molar-refractivity contribution is 5.89. The van der Waals surface area contributed by atoms with E-state index in [2.05, 4.69) is 4.74 Å². The van der Waals surface area contributed by atoms with E-state index in [1.807, 2.05) is 0 Å². The molecule has 1 heterocycles. The zero-order valence-electron chi connectivity index (χ0n) is 13.7. The Morgan fingerprint density at radius 1 is 1.12 bits per heavy atom. The molecule has 136 valence electrons. The number of carbonyl (C=O) groups is 3. The van der Waals surface area contributed by atoms with Crippen molar-refractivity contribution in [3.05, 3.63) is 11.5 Å². The van der Waals surface area contributed by atoms with Gasteiger partial charge in [0.15, 0.2) is 11.9 Å². The minimum absolute atomic E-state index is 0.180. The van der Waals surface area contributed by atoms with Crippen LogP contribution >= 0.6 is 0 Å². The van der Waals surface area contributed by atoms with E-state index >= 15 is 0 Å². The lowest BCUT2D eigenvalue weighted by atomic mass is 10.1. The Labute approximate surface area is 140 Å². The first-order valence-corrected chi connectivity index (χ1v) is 7.99. The SMILES string of the molecule is CC(=O)CCCCCCCC(=O)OC[C@H](O)[C@H]1OC(=O)C(O)=C1O. The Morgan fingerprint density at radius 3 is 2.25 bits per heavy atom. The maximum atomic E-state index is 11.5. The summed E-state index contributed by atoms with van der Waals surface area (Å²) in [5.41, 5.74) is 0. The summed E-state index contributed by atoms with van der Waals surface area (Å²) < 4.78 is 9.41. The van der Waals surface area contributed by atoms with Gasteiger partial charge in [0.05, 0.1) is 0 Å². The molecule has 1 aliphatic heterocycles. The Bertz CT molecular complexity index is 496. The van der Waals surface area contributed by atoms with E-state index in [0.717, 1.165) is 25.7 Å². The summed E-state index contributed by atoms with van der Waals surface area (Å²) >= 11 is 0. The van der Waals surface area contributed by atoms with Gasteiger partial charge in [0.25, 0.3) is 0 Å². The summed E-state index contributed by atoms with van der Waals surface area (Å²) in [7, 11) is 0. The van der Waals surface area contributed by atoms with Crippen molar-refractivity contribution in [2.75, 3.05) is 6.61 Å². The monoisotopic (exact) mass is 344 g/mol. The van der Waals surface area contributed by atoms with Gasteiger partial charge in [0, 0.05) is 12.8 Å². The number of unbranched alkanes of at least 4 members (excludes halogenated alkanes) is 4. The van der Waals surface area contributed by atoms with Crippen LogP contribution in [0.3, 0.4) is 0 Å². The Kier molecular flexibility index (Phi) is 8.25. The topological polar surface area (TPSA) is 130 Å². The zero-order valence-corrected chi connectivity index (χ0v) is 13.7. The smallest absolute Gasteiger partial charge is 0.377 e. The number of hydrogen-bond acceptors (Lipinski definition) is 8. The number of ether oxygens (including phenoxy) is 2. The number of carbonyl (C=O) groups excluding carboxylic acids is 3. The molecule has 0 aromatic rings. The van der Waals surface area contributed by atoms with Gasteiger partial charge in [-0.25, -0.2) is 4.79 Å². The predicted octanol–water partition coefficient (Wildman–Crippen LogP) is 1.46. The number of aliphatic hydroxyl groups is 3. The number of rotatable bonds is 11. The summed E-state index contributed by atoms with van der Waals surface area (Å²) in [6, 6.07) is 0. The van der Waals surface area contributed by atoms with Gasteiger partial charge in [-0.3, -0.25) is 4.79 Å². The summed E-state index contributed by atoms with van der Waals surface area (Å²) in [6.07, 6.45) is 2.11. The van der Waals surface area contributed by atoms with Crippen LogP contribution in [0.15, 0.2) is 11.5 Å². The van der Waals surface area contributed by atoms with Crippen molar-refractivity contribution < 1.29 is 39.2 Å². The number of aliphatic hydroxyl groups excluding tert-OH is 3. The van der Waals surface area contributed by atoms with Crippen LogP contribution in [-0.2, 0) is 23.9 Å². The van der Waals surface area contributed by atoms with Crippen LogP contribution < -0.4 is 0 Å². The first-order valence-electron chi connectivity index (χ1n) is 7.99. The Balaban J connectivity index is 2.12. The van der Waals surface area contributed by atoms with Crippen molar-refractivity contribution in [3.8, 4) is 0 Å². The van der Waals surface area contributed by atoms with Gasteiger partial charge >= 0.3 is 11.9 Å². The van der Waals surface area contributed by atoms with Gasteiger partial charge in [0.1, 0.15) is 18.5 Å². The molecule has 0 saturated heterocycles. The van der Waals surface area contributed by atoms with Crippen molar-refractivity contribution in [2.24, 2.45) is 0 Å². The van der Waals surface area contributed by atoms with Gasteiger partial charge in [-0.2, -0.15) is 0 Å². The highest BCUT2D eigenvalue weighted by Gasteiger charge is 2.39. The maximum absolute atomic E-state index is 11.5. The molecule has 0 aromatic heterocycles. The second kappa shape index (κ2) is 9.92. The number of cyclic esters (lactones) is 1. The molecule has 0 bridgehead atoms. The van der Waals surface area contributed by atoms with Gasteiger partial charge in [-0.1, -0.05) is 19.3 Å². The third-order valence-electron chi connectivity index (χ3n) is 3.61. The van der Waals surface area contributed by atoms with E-state index in [4.69, 9.17) is 9.84 Å². The first kappa shape index (κ1) is 20.0. The molecule has 0 spiro atoms. The van der Waals surface area contributed by atoms with Crippen molar-refractivity contribution >= 4 is 17.7 Å². The third kappa shape index (κ3) is 6.57. The number of ketones is 1. The highest BCUT2D eigenvalue weighted by atomic mass is 16.6. The average Bonchev–Trinajstić information content (AvgIpc) is 2.79. The van der Waals surface area contributed by atoms with E-state index < -0.39 is 42.3 Å². The lowest BCUT2D eigenvalue weighted by molar-refractivity contribution is -0.154. The molecule has 0 saturated carbocycles. The van der Waals surface area contributed by atoms with Gasteiger partial charge in [-0.05, 0) is 19.8 Å². The molecular formula is C16H24O8. The second-order valence-electron chi connectivity index (χ2n) is 5.78. The highest BCUT2D eigenvalue weighted by Crippen LogP contribution is 2.21. The Morgan fingerprint density at radius 2 is 1.71 bits per heavy atom. The fraction of sp³-hybridized carbons (Fsp3) is 0.688. The minimum Gasteiger partial charge on any atom is -0.505 e. The van der Waals surface area contributed by atoms with Crippen molar-refractivity contribution in [2.45, 2.75) is 64.1 Å². The van der Waals surface area contributed by atoms with Crippen LogP contribution in [0.4, 0.5) is 0 Å². The third-order valence-corrected chi connectivity index (χ3v) is 3.61. The average molecular weight is 344 g/mol. The zero-order chi connectivity index (χ0) is 18.1. The van der Waals surface area contributed by atoms with Gasteiger partial charge < -0.3 is 29.6 Å². The van der Waals surface area contributed by atoms with Crippen LogP contribution in [-0.4, -0.2) is 51.9 Å². The molecule has 3 N–H and O–H groups in total. The second-order valence-corrected chi connectivity index (χ2v) is 5.78. The fourth-order valence-electron chi connectivity index (χ4n) is 2.24. The van der Waals surface area contributed by atoms with Crippen LogP contribution in [0.2, 0.25) is 0 Å². The molecule has 0 amide bonds. The molecule has 8 heteroatoms. The lowest BCUT2D eigenvalue weighted by Crippen LogP contribution is -2.33. The van der Waals surface area contributed by atoms with E-state index in [9.17, 15) is 24.6 Å². The summed E-state index contributed by atoms with van der Waals surface area (Å²) in [5.74, 6) is -3.18. The van der Waals surface area contributed by atoms with E-state index in [1.54, 1.807) is 6.92 Å². The fourth-order valence-corrected chi connectivity index (χ4v) is 2.24. The molecule has 0 unspecified atom stereocenters. The molecule has 1 rings (SSSR count). The predicted molar refractivity (Wildman–Crippen MR) is 82.1 cm³/mol. The standard InChI is InChI=1S/C16H24O8/c1-10(17)7-5-3-2-4-6-8-12(19)23-9-11(18)15-13(20)14(21)16(22)24-15/h11,15,18,20-21H,2-9H2,1H3/t11-,15+/m0/s1. The summed E-state index contributed by atoms with van der Waals surface area (Å²) in [4.78, 5) is 33.3.